The zero-order valence-electron chi connectivity index (χ0n) is 26.0. The van der Waals surface area contributed by atoms with E-state index in [1.54, 1.807) is 9.80 Å². The molecule has 8 nitrogen and oxygen atoms in total. The number of ether oxygens (including phenoxy) is 1. The minimum Gasteiger partial charge on any atom is -0.394 e. The first kappa shape index (κ1) is 29.9. The fourth-order valence-corrected chi connectivity index (χ4v) is 8.81. The number of nitrogens with zero attached hydrogens (tertiary/aromatic N) is 3. The lowest BCUT2D eigenvalue weighted by Crippen LogP contribution is -2.60. The molecule has 1 spiro atoms. The SMILES string of the molecule is CC[C@@]12C=CCN(c3ccccc3)C(=O)[C@@H]1[C@H]1C(=O)N([C@@H](CO)Cc3ccccc3)C3C(=O)N(C4CCCCC4)CC=C[C@@]31O2. The number of hydrogen-bond acceptors (Lipinski definition) is 5. The number of hydrogen-bond donors (Lipinski definition) is 1. The van der Waals surface area contributed by atoms with E-state index in [1.807, 2.05) is 96.8 Å². The Bertz CT molecular complexity index is 1490. The maximum absolute atomic E-state index is 15.0. The summed E-state index contributed by atoms with van der Waals surface area (Å²) in [6, 6.07) is 17.7. The second-order valence-corrected chi connectivity index (χ2v) is 13.3. The molecule has 4 heterocycles. The van der Waals surface area contributed by atoms with Crippen molar-refractivity contribution < 1.29 is 24.2 Å². The van der Waals surface area contributed by atoms with Gasteiger partial charge < -0.3 is 24.5 Å². The van der Waals surface area contributed by atoms with E-state index in [4.69, 9.17) is 4.74 Å². The molecule has 0 bridgehead atoms. The van der Waals surface area contributed by atoms with Gasteiger partial charge in [-0.25, -0.2) is 0 Å². The molecule has 3 amide bonds. The second-order valence-electron chi connectivity index (χ2n) is 13.3. The third-order valence-corrected chi connectivity index (χ3v) is 10.9. The van der Waals surface area contributed by atoms with Crippen LogP contribution >= 0.6 is 0 Å². The average Bonchev–Trinajstić information content (AvgIpc) is 3.37. The van der Waals surface area contributed by atoms with Crippen LogP contribution in [0.4, 0.5) is 5.69 Å². The van der Waals surface area contributed by atoms with Crippen molar-refractivity contribution in [2.45, 2.75) is 81.2 Å². The molecule has 1 unspecified atom stereocenters. The first-order chi connectivity index (χ1) is 21.9. The predicted molar refractivity (Wildman–Crippen MR) is 171 cm³/mol. The van der Waals surface area contributed by atoms with Gasteiger partial charge >= 0.3 is 0 Å². The fourth-order valence-electron chi connectivity index (χ4n) is 8.81. The summed E-state index contributed by atoms with van der Waals surface area (Å²) in [5.74, 6) is -2.37. The maximum Gasteiger partial charge on any atom is 0.249 e. The Kier molecular flexibility index (Phi) is 7.90. The first-order valence-corrected chi connectivity index (χ1v) is 16.6. The highest BCUT2D eigenvalue weighted by Crippen LogP contribution is 2.59. The molecule has 3 fully saturated rings. The highest BCUT2D eigenvalue weighted by atomic mass is 16.5. The number of fused-ring (bicyclic) bond motifs is 2. The van der Waals surface area contributed by atoms with Crippen LogP contribution in [0.5, 0.6) is 0 Å². The number of para-hydroxylation sites is 1. The standard InChI is InChI=1S/C37H43N3O5/c1-2-36-20-12-22-38(27-16-8-4-9-17-27)33(42)30(36)31-34(43)40(29(25-41)24-26-14-6-3-7-15-26)32-35(44)39(28-18-10-5-11-19-28)23-13-21-37(31,32)45-36/h3-4,6-9,12-17,20-21,28-32,41H,2,5,10-11,18-19,22-25H2,1H3/t29-,30+,31+,32?,36-,37+/m1/s1. The van der Waals surface area contributed by atoms with Crippen LogP contribution in [0.3, 0.4) is 0 Å². The summed E-state index contributed by atoms with van der Waals surface area (Å²) in [7, 11) is 0. The number of carbonyl (C=O) groups is 3. The van der Waals surface area contributed by atoms with Crippen molar-refractivity contribution in [3.8, 4) is 0 Å². The van der Waals surface area contributed by atoms with E-state index >= 15 is 4.79 Å². The van der Waals surface area contributed by atoms with Crippen molar-refractivity contribution in [1.29, 1.82) is 0 Å². The van der Waals surface area contributed by atoms with E-state index in [2.05, 4.69) is 0 Å². The molecule has 1 saturated carbocycles. The summed E-state index contributed by atoms with van der Waals surface area (Å²) >= 11 is 0. The van der Waals surface area contributed by atoms with Gasteiger partial charge in [0, 0.05) is 24.8 Å². The number of aliphatic hydroxyl groups is 1. The monoisotopic (exact) mass is 609 g/mol. The van der Waals surface area contributed by atoms with Gasteiger partial charge in [-0.15, -0.1) is 0 Å². The summed E-state index contributed by atoms with van der Waals surface area (Å²) in [5, 5.41) is 10.8. The molecule has 236 valence electrons. The lowest BCUT2D eigenvalue weighted by molar-refractivity contribution is -0.157. The number of rotatable bonds is 7. The molecule has 2 aromatic rings. The number of carbonyl (C=O) groups excluding carboxylic acids is 3. The Labute approximate surface area is 265 Å². The maximum atomic E-state index is 15.0. The number of likely N-dealkylation sites (tertiary alicyclic amines) is 1. The molecule has 1 aliphatic carbocycles. The molecule has 45 heavy (non-hydrogen) atoms. The van der Waals surface area contributed by atoms with Crippen LogP contribution in [0.1, 0.15) is 51.0 Å². The van der Waals surface area contributed by atoms with Crippen LogP contribution in [0.25, 0.3) is 0 Å². The van der Waals surface area contributed by atoms with Crippen LogP contribution in [0.15, 0.2) is 85.0 Å². The quantitative estimate of drug-likeness (QED) is 0.474. The van der Waals surface area contributed by atoms with Crippen LogP contribution in [-0.4, -0.2) is 81.7 Å². The Hall–Kier alpha value is -3.75. The Morgan fingerprint density at radius 1 is 0.844 bits per heavy atom. The Balaban J connectivity index is 1.36. The van der Waals surface area contributed by atoms with Gasteiger partial charge in [-0.1, -0.05) is 99.0 Å². The number of anilines is 1. The summed E-state index contributed by atoms with van der Waals surface area (Å²) in [6.45, 7) is 2.48. The summed E-state index contributed by atoms with van der Waals surface area (Å²) in [5.41, 5.74) is -0.678. The topological polar surface area (TPSA) is 90.4 Å². The summed E-state index contributed by atoms with van der Waals surface area (Å²) < 4.78 is 7.17. The lowest BCUT2D eigenvalue weighted by Gasteiger charge is -2.42. The minimum atomic E-state index is -1.35. The number of aliphatic hydroxyl groups excluding tert-OH is 1. The molecule has 0 aromatic heterocycles. The average molecular weight is 610 g/mol. The fraction of sp³-hybridized carbons (Fsp3) is 0.486. The summed E-state index contributed by atoms with van der Waals surface area (Å²) in [6.07, 6.45) is 13.9. The van der Waals surface area contributed by atoms with Crippen molar-refractivity contribution in [3.05, 3.63) is 90.5 Å². The molecule has 1 N–H and O–H groups in total. The van der Waals surface area contributed by atoms with E-state index in [0.29, 0.717) is 25.9 Å². The zero-order chi connectivity index (χ0) is 31.2. The number of amides is 3. The van der Waals surface area contributed by atoms with Gasteiger partial charge in [-0.2, -0.15) is 0 Å². The van der Waals surface area contributed by atoms with E-state index in [0.717, 1.165) is 43.4 Å². The largest absolute Gasteiger partial charge is 0.394 e. The van der Waals surface area contributed by atoms with Crippen molar-refractivity contribution in [2.24, 2.45) is 11.8 Å². The second kappa shape index (κ2) is 11.9. The lowest BCUT2D eigenvalue weighted by atomic mass is 9.73. The smallest absolute Gasteiger partial charge is 0.249 e. The summed E-state index contributed by atoms with van der Waals surface area (Å²) in [4.78, 5) is 50.0. The Morgan fingerprint density at radius 3 is 2.22 bits per heavy atom. The van der Waals surface area contributed by atoms with Gasteiger partial charge in [0.2, 0.25) is 17.7 Å². The molecular weight excluding hydrogens is 566 g/mol. The third-order valence-electron chi connectivity index (χ3n) is 10.9. The molecule has 6 atom stereocenters. The highest BCUT2D eigenvalue weighted by Gasteiger charge is 2.76. The van der Waals surface area contributed by atoms with Crippen molar-refractivity contribution >= 4 is 23.4 Å². The van der Waals surface area contributed by atoms with E-state index < -0.39 is 35.1 Å². The molecule has 2 aromatic carbocycles. The molecule has 8 heteroatoms. The molecule has 2 saturated heterocycles. The van der Waals surface area contributed by atoms with Gasteiger partial charge in [-0.3, -0.25) is 14.4 Å². The minimum absolute atomic E-state index is 0.0888. The molecule has 5 aliphatic rings. The van der Waals surface area contributed by atoms with Gasteiger partial charge in [-0.05, 0) is 43.4 Å². The van der Waals surface area contributed by atoms with Crippen LogP contribution < -0.4 is 4.90 Å². The Morgan fingerprint density at radius 2 is 1.53 bits per heavy atom. The molecule has 0 radical (unpaired) electrons. The van der Waals surface area contributed by atoms with Gasteiger partial charge in [0.25, 0.3) is 0 Å². The van der Waals surface area contributed by atoms with Crippen LogP contribution in [0.2, 0.25) is 0 Å². The highest BCUT2D eigenvalue weighted by molar-refractivity contribution is 6.04. The van der Waals surface area contributed by atoms with Crippen LogP contribution in [0, 0.1) is 11.8 Å². The van der Waals surface area contributed by atoms with E-state index in [-0.39, 0.29) is 30.4 Å². The molecule has 7 rings (SSSR count). The first-order valence-electron chi connectivity index (χ1n) is 16.6. The number of benzene rings is 2. The normalized spacial score (nSPS) is 32.3. The van der Waals surface area contributed by atoms with Crippen molar-refractivity contribution in [3.63, 3.8) is 0 Å². The van der Waals surface area contributed by atoms with Gasteiger partial charge in [0.05, 0.1) is 30.1 Å². The van der Waals surface area contributed by atoms with Gasteiger partial charge in [0.1, 0.15) is 11.6 Å². The third kappa shape index (κ3) is 4.76. The molecular formula is C37H43N3O5. The predicted octanol–water partition coefficient (Wildman–Crippen LogP) is 4.29. The van der Waals surface area contributed by atoms with Crippen molar-refractivity contribution in [1.82, 2.24) is 9.80 Å². The van der Waals surface area contributed by atoms with E-state index in [1.165, 1.54) is 0 Å². The van der Waals surface area contributed by atoms with Crippen LogP contribution in [-0.2, 0) is 25.5 Å². The molecule has 4 aliphatic heterocycles. The van der Waals surface area contributed by atoms with Gasteiger partial charge in [0.15, 0.2) is 0 Å². The van der Waals surface area contributed by atoms with E-state index in [9.17, 15) is 14.7 Å². The van der Waals surface area contributed by atoms with Crippen molar-refractivity contribution in [2.75, 3.05) is 24.6 Å². The zero-order valence-corrected chi connectivity index (χ0v) is 26.0.